The van der Waals surface area contributed by atoms with Crippen molar-refractivity contribution in [3.05, 3.63) is 29.8 Å². The lowest BCUT2D eigenvalue weighted by Gasteiger charge is -2.28. The summed E-state index contributed by atoms with van der Waals surface area (Å²) in [4.78, 5) is 2.60. The molecule has 0 aliphatic heterocycles. The average molecular weight is 266 g/mol. The number of hydrogen-bond acceptors (Lipinski definition) is 3. The molecule has 0 aliphatic carbocycles. The first-order valence-electron chi connectivity index (χ1n) is 6.02. The molecule has 0 fully saturated rings. The summed E-state index contributed by atoms with van der Waals surface area (Å²) in [6, 6.07) is 7.93. The van der Waals surface area contributed by atoms with Gasteiger partial charge in [-0.3, -0.25) is 0 Å². The number of nitrogens with zero attached hydrogens (tertiary/aromatic N) is 1. The minimum atomic E-state index is -0.119. The van der Waals surface area contributed by atoms with E-state index in [-0.39, 0.29) is 5.60 Å². The van der Waals surface area contributed by atoms with Gasteiger partial charge >= 0.3 is 0 Å². The van der Waals surface area contributed by atoms with Gasteiger partial charge in [0.05, 0.1) is 5.60 Å². The van der Waals surface area contributed by atoms with Crippen LogP contribution < -0.4 is 10.6 Å². The fourth-order valence-electron chi connectivity index (χ4n) is 1.67. The van der Waals surface area contributed by atoms with Gasteiger partial charge in [-0.2, -0.15) is 0 Å². The summed E-state index contributed by atoms with van der Waals surface area (Å²) in [6.07, 6.45) is 0.936. The van der Waals surface area contributed by atoms with Gasteiger partial charge in [0.2, 0.25) is 0 Å². The lowest BCUT2D eigenvalue weighted by atomic mass is 10.0. The highest BCUT2D eigenvalue weighted by Crippen LogP contribution is 2.21. The van der Waals surface area contributed by atoms with Crippen LogP contribution in [0.5, 0.6) is 0 Å². The Morgan fingerprint density at radius 3 is 2.56 bits per heavy atom. The number of methoxy groups -OCH3 is 1. The number of nitrogens with two attached hydrogens (primary N) is 1. The van der Waals surface area contributed by atoms with E-state index in [0.29, 0.717) is 4.99 Å². The Labute approximate surface area is 115 Å². The van der Waals surface area contributed by atoms with E-state index >= 15 is 0 Å². The molecule has 1 aromatic rings. The summed E-state index contributed by atoms with van der Waals surface area (Å²) in [5.74, 6) is 0. The highest BCUT2D eigenvalue weighted by molar-refractivity contribution is 7.80. The first kappa shape index (κ1) is 14.9. The van der Waals surface area contributed by atoms with Crippen molar-refractivity contribution in [3.63, 3.8) is 0 Å². The lowest BCUT2D eigenvalue weighted by Crippen LogP contribution is -2.31. The maximum absolute atomic E-state index is 5.74. The molecule has 0 amide bonds. The van der Waals surface area contributed by atoms with Gasteiger partial charge < -0.3 is 15.4 Å². The summed E-state index contributed by atoms with van der Waals surface area (Å²) in [7, 11) is 3.78. The molecule has 0 bridgehead atoms. The predicted molar refractivity (Wildman–Crippen MR) is 81.3 cm³/mol. The van der Waals surface area contributed by atoms with Gasteiger partial charge in [-0.1, -0.05) is 24.4 Å². The van der Waals surface area contributed by atoms with E-state index in [4.69, 9.17) is 22.7 Å². The van der Waals surface area contributed by atoms with Crippen molar-refractivity contribution in [1.82, 2.24) is 0 Å². The topological polar surface area (TPSA) is 38.5 Å². The number of anilines is 1. The van der Waals surface area contributed by atoms with Crippen LogP contribution in [0, 0.1) is 0 Å². The van der Waals surface area contributed by atoms with Gasteiger partial charge in [0, 0.05) is 32.0 Å². The number of thiocarbonyl (C=S) groups is 1. The van der Waals surface area contributed by atoms with E-state index in [1.54, 1.807) is 7.11 Å². The Morgan fingerprint density at radius 1 is 1.39 bits per heavy atom. The van der Waals surface area contributed by atoms with Crippen LogP contribution in [0.1, 0.15) is 25.8 Å². The Balaban J connectivity index is 2.79. The number of rotatable bonds is 6. The van der Waals surface area contributed by atoms with Crippen LogP contribution in [-0.2, 0) is 4.74 Å². The smallest absolute Gasteiger partial charge is 0.106 e. The Kier molecular flexibility index (Phi) is 5.11. The maximum atomic E-state index is 5.74. The van der Waals surface area contributed by atoms with Crippen molar-refractivity contribution in [2.45, 2.75) is 25.9 Å². The van der Waals surface area contributed by atoms with Crippen molar-refractivity contribution in [2.75, 3.05) is 25.6 Å². The Bertz CT molecular complexity index is 418. The average Bonchev–Trinajstić information content (AvgIpc) is 2.36. The van der Waals surface area contributed by atoms with Crippen LogP contribution >= 0.6 is 12.2 Å². The van der Waals surface area contributed by atoms with Crippen LogP contribution in [-0.4, -0.2) is 31.3 Å². The summed E-state index contributed by atoms with van der Waals surface area (Å²) in [5.41, 5.74) is 7.61. The predicted octanol–water partition coefficient (Wildman–Crippen LogP) is 2.57. The van der Waals surface area contributed by atoms with E-state index in [9.17, 15) is 0 Å². The number of hydrogen-bond donors (Lipinski definition) is 1. The van der Waals surface area contributed by atoms with Gasteiger partial charge in [-0.15, -0.1) is 0 Å². The van der Waals surface area contributed by atoms with Crippen molar-refractivity contribution in [3.8, 4) is 0 Å². The lowest BCUT2D eigenvalue weighted by molar-refractivity contribution is 0.0174. The quantitative estimate of drug-likeness (QED) is 0.803. The molecule has 0 atom stereocenters. The molecule has 100 valence electrons. The first-order chi connectivity index (χ1) is 8.37. The molecule has 3 nitrogen and oxygen atoms in total. The summed E-state index contributed by atoms with van der Waals surface area (Å²) in [5, 5.41) is 0. The molecular weight excluding hydrogens is 244 g/mol. The van der Waals surface area contributed by atoms with Crippen molar-refractivity contribution < 1.29 is 4.74 Å². The third-order valence-corrected chi connectivity index (χ3v) is 3.40. The van der Waals surface area contributed by atoms with E-state index in [1.165, 1.54) is 0 Å². The van der Waals surface area contributed by atoms with E-state index in [0.717, 1.165) is 24.2 Å². The molecule has 0 aromatic heterocycles. The molecule has 18 heavy (non-hydrogen) atoms. The van der Waals surface area contributed by atoms with Gasteiger partial charge in [0.25, 0.3) is 0 Å². The third kappa shape index (κ3) is 3.96. The number of para-hydroxylation sites is 1. The minimum absolute atomic E-state index is 0.119. The maximum Gasteiger partial charge on any atom is 0.106 e. The highest BCUT2D eigenvalue weighted by Gasteiger charge is 2.18. The van der Waals surface area contributed by atoms with Gasteiger partial charge in [0.15, 0.2) is 0 Å². The fourth-order valence-corrected chi connectivity index (χ4v) is 1.85. The molecule has 0 aliphatic rings. The van der Waals surface area contributed by atoms with Crippen LogP contribution in [0.15, 0.2) is 24.3 Å². The number of benzene rings is 1. The Morgan fingerprint density at radius 2 is 2.00 bits per heavy atom. The van der Waals surface area contributed by atoms with Crippen LogP contribution in [0.25, 0.3) is 0 Å². The monoisotopic (exact) mass is 266 g/mol. The highest BCUT2D eigenvalue weighted by atomic mass is 32.1. The molecule has 0 saturated heterocycles. The molecule has 1 rings (SSSR count). The molecular formula is C14H22N2OS. The van der Waals surface area contributed by atoms with Crippen LogP contribution in [0.2, 0.25) is 0 Å². The molecule has 4 heteroatoms. The molecule has 1 aromatic carbocycles. The van der Waals surface area contributed by atoms with E-state index in [1.807, 2.05) is 31.3 Å². The van der Waals surface area contributed by atoms with Gasteiger partial charge in [-0.05, 0) is 32.4 Å². The molecule has 2 N–H and O–H groups in total. The Hall–Kier alpha value is -1.13. The zero-order valence-corrected chi connectivity index (χ0v) is 12.4. The first-order valence-corrected chi connectivity index (χ1v) is 6.43. The van der Waals surface area contributed by atoms with Crippen LogP contribution in [0.3, 0.4) is 0 Å². The van der Waals surface area contributed by atoms with E-state index in [2.05, 4.69) is 18.7 Å². The SMILES string of the molecule is COC(C)(C)CCN(C)c1ccccc1C(N)=S. The molecule has 0 unspecified atom stereocenters. The molecule has 0 radical (unpaired) electrons. The second kappa shape index (κ2) is 6.16. The largest absolute Gasteiger partial charge is 0.389 e. The fraction of sp³-hybridized carbons (Fsp3) is 0.500. The van der Waals surface area contributed by atoms with Gasteiger partial charge in [0.1, 0.15) is 4.99 Å². The van der Waals surface area contributed by atoms with Crippen LogP contribution in [0.4, 0.5) is 5.69 Å². The second-order valence-corrected chi connectivity index (χ2v) is 5.46. The minimum Gasteiger partial charge on any atom is -0.389 e. The standard InChI is InChI=1S/C14H22N2OS/c1-14(2,17-4)9-10-16(3)12-8-6-5-7-11(12)13(15)18/h5-8H,9-10H2,1-4H3,(H2,15,18). The zero-order chi connectivity index (χ0) is 13.8. The molecule has 0 saturated carbocycles. The second-order valence-electron chi connectivity index (χ2n) is 5.02. The normalized spacial score (nSPS) is 11.3. The van der Waals surface area contributed by atoms with Gasteiger partial charge in [-0.25, -0.2) is 0 Å². The van der Waals surface area contributed by atoms with E-state index < -0.39 is 0 Å². The van der Waals surface area contributed by atoms with Crippen molar-refractivity contribution in [1.29, 1.82) is 0 Å². The molecule has 0 spiro atoms. The summed E-state index contributed by atoms with van der Waals surface area (Å²) in [6.45, 7) is 5.06. The third-order valence-electron chi connectivity index (χ3n) is 3.18. The molecule has 0 heterocycles. The zero-order valence-electron chi connectivity index (χ0n) is 11.6. The summed E-state index contributed by atoms with van der Waals surface area (Å²) < 4.78 is 5.42. The summed E-state index contributed by atoms with van der Waals surface area (Å²) >= 11 is 5.08. The number of ether oxygens (including phenoxy) is 1. The van der Waals surface area contributed by atoms with Crippen molar-refractivity contribution in [2.24, 2.45) is 5.73 Å². The van der Waals surface area contributed by atoms with Crippen molar-refractivity contribution >= 4 is 22.9 Å².